The van der Waals surface area contributed by atoms with Crippen molar-refractivity contribution in [2.24, 2.45) is 0 Å². The number of esters is 2. The van der Waals surface area contributed by atoms with Crippen LogP contribution in [0.3, 0.4) is 0 Å². The second-order valence-electron chi connectivity index (χ2n) is 4.88. The van der Waals surface area contributed by atoms with E-state index in [1.165, 1.54) is 37.5 Å². The lowest BCUT2D eigenvalue weighted by Crippen LogP contribution is -2.05. The summed E-state index contributed by atoms with van der Waals surface area (Å²) in [6.07, 6.45) is 2.93. The number of carbonyl (C=O) groups is 2. The molecule has 1 aliphatic heterocycles. The number of benzene rings is 2. The fraction of sp³-hybridized carbons (Fsp3) is 0.111. The largest absolute Gasteiger partial charge is 0.465 e. The van der Waals surface area contributed by atoms with Crippen LogP contribution in [0.5, 0.6) is 17.2 Å². The van der Waals surface area contributed by atoms with E-state index in [4.69, 9.17) is 14.2 Å². The first kappa shape index (κ1) is 15.6. The van der Waals surface area contributed by atoms with Gasteiger partial charge in [-0.2, -0.15) is 0 Å². The Hall–Kier alpha value is -3.28. The van der Waals surface area contributed by atoms with E-state index < -0.39 is 11.9 Å². The fourth-order valence-corrected chi connectivity index (χ4v) is 2.11. The first-order chi connectivity index (χ1) is 11.7. The van der Waals surface area contributed by atoms with Gasteiger partial charge in [-0.05, 0) is 48.0 Å². The predicted molar refractivity (Wildman–Crippen MR) is 85.0 cm³/mol. The molecule has 0 aliphatic carbocycles. The molecule has 0 spiro atoms. The molecule has 0 atom stereocenters. The van der Waals surface area contributed by atoms with Gasteiger partial charge < -0.3 is 18.9 Å². The highest BCUT2D eigenvalue weighted by Crippen LogP contribution is 2.32. The number of hydrogen-bond acceptors (Lipinski definition) is 6. The van der Waals surface area contributed by atoms with Crippen molar-refractivity contribution in [3.8, 4) is 17.2 Å². The average molecular weight is 326 g/mol. The molecule has 1 heterocycles. The molecule has 24 heavy (non-hydrogen) atoms. The summed E-state index contributed by atoms with van der Waals surface area (Å²) in [6.45, 7) is 0.201. The van der Waals surface area contributed by atoms with Crippen LogP contribution in [-0.4, -0.2) is 25.8 Å². The molecule has 3 rings (SSSR count). The molecule has 0 amide bonds. The van der Waals surface area contributed by atoms with Crippen LogP contribution in [0.15, 0.2) is 48.5 Å². The van der Waals surface area contributed by atoms with Crippen molar-refractivity contribution in [1.82, 2.24) is 0 Å². The highest BCUT2D eigenvalue weighted by atomic mass is 16.7. The van der Waals surface area contributed by atoms with Crippen LogP contribution in [-0.2, 0) is 9.53 Å². The Morgan fingerprint density at radius 1 is 1.04 bits per heavy atom. The Labute approximate surface area is 138 Å². The molecule has 0 radical (unpaired) electrons. The molecule has 2 aromatic rings. The van der Waals surface area contributed by atoms with Gasteiger partial charge in [0.1, 0.15) is 5.75 Å². The topological polar surface area (TPSA) is 71.1 Å². The Bertz CT molecular complexity index is 792. The van der Waals surface area contributed by atoms with Gasteiger partial charge >= 0.3 is 11.9 Å². The summed E-state index contributed by atoms with van der Waals surface area (Å²) in [5.41, 5.74) is 1.17. The van der Waals surface area contributed by atoms with Crippen LogP contribution in [0.25, 0.3) is 6.08 Å². The lowest BCUT2D eigenvalue weighted by atomic mass is 10.2. The second kappa shape index (κ2) is 6.87. The average Bonchev–Trinajstić information content (AvgIpc) is 3.07. The molecule has 0 saturated heterocycles. The lowest BCUT2D eigenvalue weighted by Gasteiger charge is -2.03. The lowest BCUT2D eigenvalue weighted by molar-refractivity contribution is -0.128. The van der Waals surface area contributed by atoms with Crippen molar-refractivity contribution >= 4 is 18.0 Å². The number of hydrogen-bond donors (Lipinski definition) is 0. The molecule has 0 N–H and O–H groups in total. The van der Waals surface area contributed by atoms with E-state index in [1.54, 1.807) is 18.2 Å². The van der Waals surface area contributed by atoms with Crippen LogP contribution in [0.1, 0.15) is 15.9 Å². The van der Waals surface area contributed by atoms with Crippen LogP contribution in [0, 0.1) is 0 Å². The van der Waals surface area contributed by atoms with E-state index in [0.717, 1.165) is 5.56 Å². The third-order valence-corrected chi connectivity index (χ3v) is 3.30. The van der Waals surface area contributed by atoms with E-state index in [-0.39, 0.29) is 6.79 Å². The molecule has 2 aromatic carbocycles. The highest BCUT2D eigenvalue weighted by Gasteiger charge is 2.12. The third kappa shape index (κ3) is 3.55. The molecule has 122 valence electrons. The van der Waals surface area contributed by atoms with Crippen molar-refractivity contribution in [1.29, 1.82) is 0 Å². The highest BCUT2D eigenvalue weighted by molar-refractivity contribution is 5.90. The van der Waals surface area contributed by atoms with Crippen molar-refractivity contribution in [2.75, 3.05) is 13.9 Å². The zero-order valence-electron chi connectivity index (χ0n) is 12.9. The van der Waals surface area contributed by atoms with Crippen LogP contribution in [0.4, 0.5) is 0 Å². The Kier molecular flexibility index (Phi) is 4.47. The van der Waals surface area contributed by atoms with Crippen molar-refractivity contribution in [3.05, 3.63) is 59.7 Å². The van der Waals surface area contributed by atoms with Gasteiger partial charge in [-0.3, -0.25) is 0 Å². The predicted octanol–water partition coefficient (Wildman–Crippen LogP) is 2.82. The van der Waals surface area contributed by atoms with Crippen molar-refractivity contribution in [3.63, 3.8) is 0 Å². The first-order valence-corrected chi connectivity index (χ1v) is 7.13. The Morgan fingerprint density at radius 3 is 2.54 bits per heavy atom. The molecule has 0 aromatic heterocycles. The molecular formula is C18H14O6. The molecule has 0 fully saturated rings. The van der Waals surface area contributed by atoms with Crippen LogP contribution >= 0.6 is 0 Å². The quantitative estimate of drug-likeness (QED) is 0.489. The van der Waals surface area contributed by atoms with Crippen LogP contribution in [0.2, 0.25) is 0 Å². The molecular weight excluding hydrogens is 312 g/mol. The van der Waals surface area contributed by atoms with Gasteiger partial charge in [0, 0.05) is 6.08 Å². The van der Waals surface area contributed by atoms with E-state index in [9.17, 15) is 9.59 Å². The summed E-state index contributed by atoms with van der Waals surface area (Å²) in [5, 5.41) is 0. The number of ether oxygens (including phenoxy) is 4. The summed E-state index contributed by atoms with van der Waals surface area (Å²) < 4.78 is 20.3. The van der Waals surface area contributed by atoms with Gasteiger partial charge in [0.2, 0.25) is 6.79 Å². The molecule has 0 saturated carbocycles. The minimum atomic E-state index is -0.529. The molecule has 6 heteroatoms. The van der Waals surface area contributed by atoms with Gasteiger partial charge in [-0.25, -0.2) is 9.59 Å². The van der Waals surface area contributed by atoms with Gasteiger partial charge in [0.05, 0.1) is 12.7 Å². The zero-order chi connectivity index (χ0) is 16.9. The van der Waals surface area contributed by atoms with Crippen LogP contribution < -0.4 is 14.2 Å². The maximum absolute atomic E-state index is 11.8. The van der Waals surface area contributed by atoms with E-state index in [0.29, 0.717) is 22.8 Å². The number of fused-ring (bicyclic) bond motifs is 1. The zero-order valence-corrected chi connectivity index (χ0v) is 12.9. The third-order valence-electron chi connectivity index (χ3n) is 3.30. The number of rotatable bonds is 4. The minimum Gasteiger partial charge on any atom is -0.465 e. The smallest absolute Gasteiger partial charge is 0.337 e. The maximum Gasteiger partial charge on any atom is 0.337 e. The number of methoxy groups -OCH3 is 1. The molecule has 1 aliphatic rings. The van der Waals surface area contributed by atoms with Gasteiger partial charge in [-0.15, -0.1) is 0 Å². The summed E-state index contributed by atoms with van der Waals surface area (Å²) >= 11 is 0. The van der Waals surface area contributed by atoms with E-state index >= 15 is 0 Å². The summed E-state index contributed by atoms with van der Waals surface area (Å²) in [6, 6.07) is 11.5. The second-order valence-corrected chi connectivity index (χ2v) is 4.88. The van der Waals surface area contributed by atoms with E-state index in [2.05, 4.69) is 4.74 Å². The van der Waals surface area contributed by atoms with Crippen molar-refractivity contribution in [2.45, 2.75) is 0 Å². The summed E-state index contributed by atoms with van der Waals surface area (Å²) in [7, 11) is 1.30. The maximum atomic E-state index is 11.8. The van der Waals surface area contributed by atoms with Gasteiger partial charge in [0.25, 0.3) is 0 Å². The fourth-order valence-electron chi connectivity index (χ4n) is 2.11. The monoisotopic (exact) mass is 326 g/mol. The number of carbonyl (C=O) groups excluding carboxylic acids is 2. The Balaban J connectivity index is 1.62. The SMILES string of the molecule is COC(=O)c1ccc(OC(=O)/C=C/c2ccc3c(c2)OCO3)cc1. The molecule has 0 unspecified atom stereocenters. The standard InChI is InChI=1S/C18H14O6/c1-21-18(20)13-4-6-14(7-5-13)24-17(19)9-3-12-2-8-15-16(10-12)23-11-22-15/h2-10H,11H2,1H3/b9-3+. The van der Waals surface area contributed by atoms with Crippen molar-refractivity contribution < 1.29 is 28.5 Å². The first-order valence-electron chi connectivity index (χ1n) is 7.13. The minimum absolute atomic E-state index is 0.201. The van der Waals surface area contributed by atoms with E-state index in [1.807, 2.05) is 6.07 Å². The normalized spacial score (nSPS) is 12.2. The summed E-state index contributed by atoms with van der Waals surface area (Å²) in [5.74, 6) is 0.682. The molecule has 6 nitrogen and oxygen atoms in total. The Morgan fingerprint density at radius 2 is 1.79 bits per heavy atom. The molecule has 0 bridgehead atoms. The van der Waals surface area contributed by atoms with Gasteiger partial charge in [-0.1, -0.05) is 6.07 Å². The summed E-state index contributed by atoms with van der Waals surface area (Å²) in [4.78, 5) is 23.2. The van der Waals surface area contributed by atoms with Gasteiger partial charge in [0.15, 0.2) is 11.5 Å².